The fraction of sp³-hybridized carbons (Fsp3) is 0.235. The Morgan fingerprint density at radius 3 is 2.93 bits per heavy atom. The van der Waals surface area contributed by atoms with E-state index in [9.17, 15) is 17.9 Å². The predicted octanol–water partition coefficient (Wildman–Crippen LogP) is 2.46. The molecule has 2 N–H and O–H groups in total. The van der Waals surface area contributed by atoms with E-state index in [0.717, 1.165) is 6.07 Å². The lowest BCUT2D eigenvalue weighted by molar-refractivity contribution is 0.518. The van der Waals surface area contributed by atoms with E-state index in [2.05, 4.69) is 21.5 Å². The highest BCUT2D eigenvalue weighted by Crippen LogP contribution is 2.27. The summed E-state index contributed by atoms with van der Waals surface area (Å²) in [4.78, 5) is 14.8. The first-order valence-electron chi connectivity index (χ1n) is 7.99. The number of rotatable bonds is 6. The highest BCUT2D eigenvalue weighted by atomic mass is 32.2. The van der Waals surface area contributed by atoms with Gasteiger partial charge < -0.3 is 14.9 Å². The average molecular weight is 388 g/mol. The first-order valence-corrected chi connectivity index (χ1v) is 9.23. The number of H-pyrrole nitrogens is 1. The number of aromatic amines is 1. The van der Waals surface area contributed by atoms with Gasteiger partial charge in [0.2, 0.25) is 0 Å². The van der Waals surface area contributed by atoms with Crippen LogP contribution in [0.4, 0.5) is 15.9 Å². The maximum atomic E-state index is 14.1. The summed E-state index contributed by atoms with van der Waals surface area (Å²) >= 11 is -2.40. The maximum absolute atomic E-state index is 14.1. The van der Waals surface area contributed by atoms with Gasteiger partial charge in [-0.15, -0.1) is 0 Å². The Labute approximate surface area is 155 Å². The highest BCUT2D eigenvalue weighted by molar-refractivity contribution is 7.78. The molecule has 1 unspecified atom stereocenters. The molecule has 1 aromatic carbocycles. The first kappa shape index (κ1) is 18.8. The van der Waals surface area contributed by atoms with E-state index in [1.165, 1.54) is 18.3 Å². The van der Waals surface area contributed by atoms with Crippen LogP contribution < -0.4 is 10.9 Å². The van der Waals surface area contributed by atoms with E-state index < -0.39 is 22.7 Å². The third-order valence-corrected chi connectivity index (χ3v) is 4.57. The smallest absolute Gasteiger partial charge is 0.261 e. The van der Waals surface area contributed by atoms with Crippen LogP contribution in [0.5, 0.6) is 0 Å². The number of hydrogen-bond acceptors (Lipinski definition) is 6. The van der Waals surface area contributed by atoms with E-state index in [0.29, 0.717) is 11.2 Å². The zero-order valence-electron chi connectivity index (χ0n) is 14.2. The Morgan fingerprint density at radius 2 is 2.26 bits per heavy atom. The van der Waals surface area contributed by atoms with Crippen molar-refractivity contribution >= 4 is 33.5 Å². The summed E-state index contributed by atoms with van der Waals surface area (Å²) in [6.07, 6.45) is 1.70. The molecule has 0 amide bonds. The van der Waals surface area contributed by atoms with Crippen molar-refractivity contribution in [3.63, 3.8) is 0 Å². The lowest BCUT2D eigenvalue weighted by atomic mass is 10.2. The van der Waals surface area contributed by atoms with Crippen molar-refractivity contribution in [1.82, 2.24) is 14.8 Å². The summed E-state index contributed by atoms with van der Waals surface area (Å²) in [5, 5.41) is 16.5. The minimum atomic E-state index is -2.40. The summed E-state index contributed by atoms with van der Waals surface area (Å²) in [6.45, 7) is 1.80. The lowest BCUT2D eigenvalue weighted by Gasteiger charge is -2.10. The van der Waals surface area contributed by atoms with Crippen molar-refractivity contribution in [1.29, 1.82) is 5.26 Å². The van der Waals surface area contributed by atoms with Crippen molar-refractivity contribution in [2.75, 3.05) is 5.32 Å². The summed E-state index contributed by atoms with van der Waals surface area (Å²) < 4.78 is 37.2. The molecule has 3 rings (SSSR count). The zero-order valence-corrected chi connectivity index (χ0v) is 15.0. The fourth-order valence-electron chi connectivity index (χ4n) is 2.75. The molecular weight excluding hydrogens is 373 g/mol. The normalized spacial score (nSPS) is 13.3. The molecule has 0 spiro atoms. The molecule has 27 heavy (non-hydrogen) atoms. The molecule has 10 heteroatoms. The van der Waals surface area contributed by atoms with Gasteiger partial charge >= 0.3 is 0 Å². The summed E-state index contributed by atoms with van der Waals surface area (Å²) in [5.74, 6) is -0.884. The largest absolute Gasteiger partial charge is 0.772 e. The number of nitrogens with zero attached hydrogens (tertiary/aromatic N) is 3. The van der Waals surface area contributed by atoms with E-state index in [4.69, 9.17) is 5.26 Å². The van der Waals surface area contributed by atoms with Gasteiger partial charge in [0.25, 0.3) is 5.56 Å². The summed E-state index contributed by atoms with van der Waals surface area (Å²) in [5.41, 5.74) is 0.535. The van der Waals surface area contributed by atoms with E-state index in [1.54, 1.807) is 17.7 Å². The number of nitrogens with one attached hydrogen (secondary N) is 2. The van der Waals surface area contributed by atoms with Gasteiger partial charge in [0.15, 0.2) is 5.82 Å². The molecule has 0 aliphatic heterocycles. The molecule has 0 saturated heterocycles. The van der Waals surface area contributed by atoms with Gasteiger partial charge in [-0.1, -0.05) is 17.1 Å². The van der Waals surface area contributed by atoms with E-state index >= 15 is 0 Å². The Bertz CT molecular complexity index is 1120. The number of nitriles is 1. The Balaban J connectivity index is 2.03. The molecule has 0 aliphatic carbocycles. The highest BCUT2D eigenvalue weighted by Gasteiger charge is 2.18. The third-order valence-electron chi connectivity index (χ3n) is 4.02. The van der Waals surface area contributed by atoms with Crippen molar-refractivity contribution < 1.29 is 13.2 Å². The number of anilines is 2. The van der Waals surface area contributed by atoms with Crippen LogP contribution in [0.3, 0.4) is 0 Å². The second kappa shape index (κ2) is 7.69. The monoisotopic (exact) mass is 388 g/mol. The molecule has 0 aliphatic rings. The molecule has 2 aromatic heterocycles. The van der Waals surface area contributed by atoms with Gasteiger partial charge in [0, 0.05) is 17.6 Å². The molecule has 0 radical (unpaired) electrons. The van der Waals surface area contributed by atoms with Crippen LogP contribution in [0, 0.1) is 17.1 Å². The number of fused-ring (bicyclic) bond motifs is 1. The van der Waals surface area contributed by atoms with Gasteiger partial charge in [-0.05, 0) is 30.7 Å². The quantitative estimate of drug-likeness (QED) is 0.625. The standard InChI is InChI=1S/C17H16FN5O3S/c1-10(4-6-19)23-14-5-7-20-17(24)15(14)16(22-23)21-12-3-2-11(9-27(25)26)13(18)8-12/h2-3,5,7-8,10H,4,9H2,1H3,(H,20,24)(H,21,22)(H,25,26)/p-1/t10-/m0/s1. The van der Waals surface area contributed by atoms with Gasteiger partial charge in [-0.3, -0.25) is 13.7 Å². The van der Waals surface area contributed by atoms with Crippen molar-refractivity contribution in [3.05, 3.63) is 52.2 Å². The predicted molar refractivity (Wildman–Crippen MR) is 97.6 cm³/mol. The van der Waals surface area contributed by atoms with Gasteiger partial charge in [-0.25, -0.2) is 4.39 Å². The van der Waals surface area contributed by atoms with Crippen molar-refractivity contribution in [3.8, 4) is 6.07 Å². The fourth-order valence-corrected chi connectivity index (χ4v) is 3.24. The molecule has 140 valence electrons. The number of halogens is 1. The van der Waals surface area contributed by atoms with Gasteiger partial charge in [-0.2, -0.15) is 10.4 Å². The molecule has 2 atom stereocenters. The molecular formula is C17H15FN5O3S-. The molecule has 0 fully saturated rings. The maximum Gasteiger partial charge on any atom is 0.261 e. The van der Waals surface area contributed by atoms with Crippen LogP contribution >= 0.6 is 0 Å². The Hall–Kier alpha value is -3.03. The van der Waals surface area contributed by atoms with Crippen molar-refractivity contribution in [2.45, 2.75) is 25.1 Å². The third kappa shape index (κ3) is 3.89. The van der Waals surface area contributed by atoms with E-state index in [-0.39, 0.29) is 34.8 Å². The summed E-state index contributed by atoms with van der Waals surface area (Å²) in [7, 11) is 0. The van der Waals surface area contributed by atoms with Crippen LogP contribution in [0.25, 0.3) is 10.9 Å². The first-order chi connectivity index (χ1) is 12.9. The molecule has 0 bridgehead atoms. The topological polar surface area (TPSA) is 127 Å². The number of benzene rings is 1. The van der Waals surface area contributed by atoms with Crippen LogP contribution in [0.1, 0.15) is 24.9 Å². The van der Waals surface area contributed by atoms with Crippen molar-refractivity contribution in [2.24, 2.45) is 0 Å². The number of hydrogen-bond donors (Lipinski definition) is 2. The van der Waals surface area contributed by atoms with Crippen LogP contribution in [-0.4, -0.2) is 23.5 Å². The lowest BCUT2D eigenvalue weighted by Crippen LogP contribution is -2.08. The number of pyridine rings is 1. The van der Waals surface area contributed by atoms with Crippen LogP contribution in [0.15, 0.2) is 35.3 Å². The number of aromatic nitrogens is 3. The second-order valence-corrected chi connectivity index (χ2v) is 6.85. The molecule has 2 heterocycles. The SMILES string of the molecule is C[C@@H](CC#N)n1nc(Nc2ccc(CS(=O)[O-])c(F)c2)c2c(=O)[nH]ccc21. The molecule has 0 saturated carbocycles. The average Bonchev–Trinajstić information content (AvgIpc) is 2.97. The minimum Gasteiger partial charge on any atom is -0.772 e. The second-order valence-electron chi connectivity index (χ2n) is 5.95. The van der Waals surface area contributed by atoms with E-state index in [1.807, 2.05) is 0 Å². The van der Waals surface area contributed by atoms with Crippen LogP contribution in [-0.2, 0) is 16.8 Å². The van der Waals surface area contributed by atoms with Crippen LogP contribution in [0.2, 0.25) is 0 Å². The van der Waals surface area contributed by atoms with Gasteiger partial charge in [0.1, 0.15) is 11.2 Å². The Morgan fingerprint density at radius 1 is 1.48 bits per heavy atom. The summed E-state index contributed by atoms with van der Waals surface area (Å²) in [6, 6.07) is 7.48. The minimum absolute atomic E-state index is 0.0461. The van der Waals surface area contributed by atoms with Gasteiger partial charge in [0.05, 0.1) is 24.0 Å². The molecule has 3 aromatic rings. The molecule has 8 nitrogen and oxygen atoms in total. The Kier molecular flexibility index (Phi) is 5.34. The zero-order chi connectivity index (χ0) is 19.6.